The number of hydrogen-bond acceptors (Lipinski definition) is 1. The summed E-state index contributed by atoms with van der Waals surface area (Å²) in [6, 6.07) is 9.95. The summed E-state index contributed by atoms with van der Waals surface area (Å²) in [5.41, 5.74) is 1.51. The lowest BCUT2D eigenvalue weighted by Crippen LogP contribution is -1.99. The quantitative estimate of drug-likeness (QED) is 0.714. The maximum absolute atomic E-state index is 5.76. The number of allylic oxidation sites excluding steroid dienone is 4. The highest BCUT2D eigenvalue weighted by atomic mass is 16.5. The van der Waals surface area contributed by atoms with Gasteiger partial charge in [0, 0.05) is 6.42 Å². The van der Waals surface area contributed by atoms with Gasteiger partial charge in [-0.15, -0.1) is 0 Å². The summed E-state index contributed by atoms with van der Waals surface area (Å²) < 4.78 is 5.76. The van der Waals surface area contributed by atoms with Crippen LogP contribution >= 0.6 is 0 Å². The minimum absolute atomic E-state index is 0.928. The van der Waals surface area contributed by atoms with Crippen LogP contribution in [0.2, 0.25) is 0 Å². The van der Waals surface area contributed by atoms with Gasteiger partial charge >= 0.3 is 0 Å². The number of hydrogen-bond donors (Lipinski definition) is 0. The molecular weight excluding hydrogens is 184 g/mol. The molecule has 0 fully saturated rings. The molecule has 0 unspecified atom stereocenters. The highest BCUT2D eigenvalue weighted by Gasteiger charge is 2.06. The van der Waals surface area contributed by atoms with Crippen molar-refractivity contribution < 1.29 is 4.74 Å². The smallest absolute Gasteiger partial charge is 0.126 e. The summed E-state index contributed by atoms with van der Waals surface area (Å²) in [6.45, 7) is 2.20. The summed E-state index contributed by atoms with van der Waals surface area (Å²) in [4.78, 5) is 0. The topological polar surface area (TPSA) is 9.23 Å². The van der Waals surface area contributed by atoms with Crippen LogP contribution in [0.15, 0.2) is 53.8 Å². The van der Waals surface area contributed by atoms with Crippen molar-refractivity contribution in [2.24, 2.45) is 0 Å². The van der Waals surface area contributed by atoms with Gasteiger partial charge in [0.15, 0.2) is 0 Å². The molecule has 1 aliphatic rings. The van der Waals surface area contributed by atoms with Gasteiger partial charge in [0.05, 0.1) is 0 Å². The summed E-state index contributed by atoms with van der Waals surface area (Å²) in [5, 5.41) is 0. The van der Waals surface area contributed by atoms with Crippen molar-refractivity contribution in [3.63, 3.8) is 0 Å². The molecule has 1 aliphatic carbocycles. The number of rotatable bonds is 3. The Kier molecular flexibility index (Phi) is 3.23. The van der Waals surface area contributed by atoms with Crippen LogP contribution in [0.3, 0.4) is 0 Å². The van der Waals surface area contributed by atoms with E-state index >= 15 is 0 Å². The molecule has 0 amide bonds. The molecular formula is C14H16O. The van der Waals surface area contributed by atoms with Crippen LogP contribution in [0.1, 0.15) is 26.2 Å². The molecule has 0 heterocycles. The van der Waals surface area contributed by atoms with Crippen molar-refractivity contribution in [1.82, 2.24) is 0 Å². The van der Waals surface area contributed by atoms with Crippen molar-refractivity contribution in [3.05, 3.63) is 53.8 Å². The van der Waals surface area contributed by atoms with Crippen LogP contribution in [-0.4, -0.2) is 0 Å². The molecule has 0 saturated heterocycles. The number of benzene rings is 1. The molecule has 2 rings (SSSR count). The van der Waals surface area contributed by atoms with Gasteiger partial charge in [0.25, 0.3) is 0 Å². The van der Waals surface area contributed by atoms with Crippen LogP contribution in [-0.2, 0) is 0 Å². The van der Waals surface area contributed by atoms with E-state index in [1.165, 1.54) is 5.57 Å². The molecule has 15 heavy (non-hydrogen) atoms. The predicted octanol–water partition coefficient (Wildman–Crippen LogP) is 4.08. The summed E-state index contributed by atoms with van der Waals surface area (Å²) >= 11 is 0. The normalized spacial score (nSPS) is 15.5. The number of ether oxygens (including phenoxy) is 1. The van der Waals surface area contributed by atoms with E-state index in [0.29, 0.717) is 0 Å². The Morgan fingerprint density at radius 3 is 2.47 bits per heavy atom. The highest BCUT2D eigenvalue weighted by Crippen LogP contribution is 2.23. The minimum atomic E-state index is 0.928. The van der Waals surface area contributed by atoms with Crippen molar-refractivity contribution in [3.8, 4) is 5.75 Å². The minimum Gasteiger partial charge on any atom is -0.462 e. The van der Waals surface area contributed by atoms with Gasteiger partial charge in [0.1, 0.15) is 11.5 Å². The molecule has 0 aliphatic heterocycles. The van der Waals surface area contributed by atoms with Crippen LogP contribution in [0.25, 0.3) is 0 Å². The first-order chi connectivity index (χ1) is 7.38. The molecule has 0 N–H and O–H groups in total. The van der Waals surface area contributed by atoms with Crippen molar-refractivity contribution >= 4 is 0 Å². The van der Waals surface area contributed by atoms with Gasteiger partial charge < -0.3 is 4.74 Å². The maximum atomic E-state index is 5.76. The van der Waals surface area contributed by atoms with Gasteiger partial charge in [-0.05, 0) is 31.1 Å². The Balaban J connectivity index is 2.03. The maximum Gasteiger partial charge on any atom is 0.126 e. The molecule has 0 aromatic heterocycles. The van der Waals surface area contributed by atoms with Gasteiger partial charge in [0.2, 0.25) is 0 Å². The van der Waals surface area contributed by atoms with Gasteiger partial charge in [-0.1, -0.05) is 36.8 Å². The highest BCUT2D eigenvalue weighted by molar-refractivity contribution is 5.27. The van der Waals surface area contributed by atoms with Crippen molar-refractivity contribution in [2.45, 2.75) is 26.2 Å². The molecule has 0 atom stereocenters. The molecule has 1 aromatic carbocycles. The first kappa shape index (κ1) is 10.0. The van der Waals surface area contributed by atoms with E-state index in [4.69, 9.17) is 4.74 Å². The SMILES string of the molecule is CCC1=CC=C(Oc2ccccc2)CC1. The van der Waals surface area contributed by atoms with Gasteiger partial charge in [-0.2, -0.15) is 0 Å². The average molecular weight is 200 g/mol. The Morgan fingerprint density at radius 2 is 1.87 bits per heavy atom. The van der Waals surface area contributed by atoms with E-state index in [1.54, 1.807) is 0 Å². The van der Waals surface area contributed by atoms with Gasteiger partial charge in [-0.3, -0.25) is 0 Å². The van der Waals surface area contributed by atoms with E-state index in [9.17, 15) is 0 Å². The Hall–Kier alpha value is -1.50. The van der Waals surface area contributed by atoms with E-state index in [2.05, 4.69) is 19.1 Å². The lowest BCUT2D eigenvalue weighted by atomic mass is 10.0. The summed E-state index contributed by atoms with van der Waals surface area (Å²) in [7, 11) is 0. The molecule has 0 bridgehead atoms. The third kappa shape index (κ3) is 2.72. The molecule has 1 nitrogen and oxygen atoms in total. The lowest BCUT2D eigenvalue weighted by molar-refractivity contribution is 0.400. The van der Waals surface area contributed by atoms with Crippen molar-refractivity contribution in [2.75, 3.05) is 0 Å². The van der Waals surface area contributed by atoms with E-state index < -0.39 is 0 Å². The van der Waals surface area contributed by atoms with Gasteiger partial charge in [-0.25, -0.2) is 0 Å². The fourth-order valence-corrected chi connectivity index (χ4v) is 1.68. The van der Waals surface area contributed by atoms with Crippen LogP contribution in [0.4, 0.5) is 0 Å². The van der Waals surface area contributed by atoms with Crippen LogP contribution in [0.5, 0.6) is 5.75 Å². The molecule has 0 radical (unpaired) electrons. The number of para-hydroxylation sites is 1. The fourth-order valence-electron chi connectivity index (χ4n) is 1.68. The Morgan fingerprint density at radius 1 is 1.07 bits per heavy atom. The van der Waals surface area contributed by atoms with E-state index in [-0.39, 0.29) is 0 Å². The molecule has 1 aromatic rings. The zero-order valence-electron chi connectivity index (χ0n) is 9.07. The second-order valence-electron chi connectivity index (χ2n) is 3.73. The zero-order chi connectivity index (χ0) is 10.5. The molecule has 78 valence electrons. The first-order valence-corrected chi connectivity index (χ1v) is 5.50. The average Bonchev–Trinajstić information content (AvgIpc) is 2.31. The van der Waals surface area contributed by atoms with Crippen LogP contribution in [0, 0.1) is 0 Å². The predicted molar refractivity (Wildman–Crippen MR) is 62.8 cm³/mol. The zero-order valence-corrected chi connectivity index (χ0v) is 9.07. The molecule has 0 saturated carbocycles. The third-order valence-corrected chi connectivity index (χ3v) is 2.64. The van der Waals surface area contributed by atoms with E-state index in [1.807, 2.05) is 30.3 Å². The largest absolute Gasteiger partial charge is 0.462 e. The van der Waals surface area contributed by atoms with E-state index in [0.717, 1.165) is 30.8 Å². The third-order valence-electron chi connectivity index (χ3n) is 2.64. The molecule has 0 spiro atoms. The summed E-state index contributed by atoms with van der Waals surface area (Å²) in [6.07, 6.45) is 7.58. The standard InChI is InChI=1S/C14H16O/c1-2-12-8-10-14(11-9-12)15-13-6-4-3-5-7-13/h3-8,10H,2,9,11H2,1H3. The fraction of sp³-hybridized carbons (Fsp3) is 0.286. The lowest BCUT2D eigenvalue weighted by Gasteiger charge is -2.14. The second kappa shape index (κ2) is 4.83. The first-order valence-electron chi connectivity index (χ1n) is 5.50. The second-order valence-corrected chi connectivity index (χ2v) is 3.73. The summed E-state index contributed by atoms with van der Waals surface area (Å²) in [5.74, 6) is 2.00. The van der Waals surface area contributed by atoms with Crippen molar-refractivity contribution in [1.29, 1.82) is 0 Å². The Bertz CT molecular complexity index is 374. The Labute approximate surface area is 91.1 Å². The molecule has 1 heteroatoms. The monoisotopic (exact) mass is 200 g/mol. The van der Waals surface area contributed by atoms with Crippen LogP contribution < -0.4 is 4.74 Å².